The Hall–Kier alpha value is -2.36. The monoisotopic (exact) mass is 298 g/mol. The molecule has 0 aliphatic carbocycles. The van der Waals surface area contributed by atoms with Gasteiger partial charge < -0.3 is 19.3 Å². The highest BCUT2D eigenvalue weighted by Crippen LogP contribution is 2.29. The number of ether oxygens (including phenoxy) is 2. The third-order valence-corrected chi connectivity index (χ3v) is 4.16. The van der Waals surface area contributed by atoms with Gasteiger partial charge in [0, 0.05) is 24.5 Å². The molecule has 116 valence electrons. The Labute approximate surface area is 131 Å². The fourth-order valence-electron chi connectivity index (χ4n) is 2.90. The molecule has 1 saturated heterocycles. The highest BCUT2D eigenvalue weighted by molar-refractivity contribution is 5.60. The van der Waals surface area contributed by atoms with Crippen LogP contribution in [0.5, 0.6) is 11.5 Å². The van der Waals surface area contributed by atoms with Crippen molar-refractivity contribution in [2.45, 2.75) is 6.92 Å². The van der Waals surface area contributed by atoms with Crippen LogP contribution in [0.4, 0.5) is 11.4 Å². The van der Waals surface area contributed by atoms with Crippen molar-refractivity contribution < 1.29 is 9.47 Å². The van der Waals surface area contributed by atoms with E-state index in [2.05, 4.69) is 41.0 Å². The van der Waals surface area contributed by atoms with Crippen LogP contribution < -0.4 is 19.3 Å². The van der Waals surface area contributed by atoms with Crippen molar-refractivity contribution in [3.05, 3.63) is 48.0 Å². The minimum atomic E-state index is 0.894. The van der Waals surface area contributed by atoms with Crippen molar-refractivity contribution in [2.75, 3.05) is 43.8 Å². The number of benzene rings is 2. The lowest BCUT2D eigenvalue weighted by molar-refractivity contribution is 0.414. The van der Waals surface area contributed by atoms with Gasteiger partial charge in [-0.05, 0) is 55.0 Å². The predicted octanol–water partition coefficient (Wildman–Crippen LogP) is 3.30. The van der Waals surface area contributed by atoms with Crippen molar-refractivity contribution in [1.29, 1.82) is 0 Å². The van der Waals surface area contributed by atoms with Gasteiger partial charge in [-0.25, -0.2) is 0 Å². The molecular weight excluding hydrogens is 276 g/mol. The number of hydrogen-bond acceptors (Lipinski definition) is 4. The van der Waals surface area contributed by atoms with E-state index in [-0.39, 0.29) is 0 Å². The van der Waals surface area contributed by atoms with Crippen LogP contribution in [0, 0.1) is 6.92 Å². The second-order valence-corrected chi connectivity index (χ2v) is 5.52. The quantitative estimate of drug-likeness (QED) is 0.864. The summed E-state index contributed by atoms with van der Waals surface area (Å²) in [6.45, 7) is 5.09. The molecule has 4 nitrogen and oxygen atoms in total. The highest BCUT2D eigenvalue weighted by atomic mass is 16.5. The molecule has 2 aromatic carbocycles. The standard InChI is InChI=1S/C18H22N2O2/c1-14-12-17(22-3)8-9-18(14)20-11-10-19(13-20)15-4-6-16(21-2)7-5-15/h4-9,12H,10-11,13H2,1-3H3. The molecule has 0 N–H and O–H groups in total. The first-order valence-electron chi connectivity index (χ1n) is 7.50. The summed E-state index contributed by atoms with van der Waals surface area (Å²) < 4.78 is 10.5. The summed E-state index contributed by atoms with van der Waals surface area (Å²) in [4.78, 5) is 4.78. The van der Waals surface area contributed by atoms with E-state index in [4.69, 9.17) is 9.47 Å². The zero-order valence-electron chi connectivity index (χ0n) is 13.4. The van der Waals surface area contributed by atoms with Crippen LogP contribution in [0.3, 0.4) is 0 Å². The fraction of sp³-hybridized carbons (Fsp3) is 0.333. The van der Waals surface area contributed by atoms with Gasteiger partial charge in [0.05, 0.1) is 20.9 Å². The number of anilines is 2. The summed E-state index contributed by atoms with van der Waals surface area (Å²) in [7, 11) is 3.40. The van der Waals surface area contributed by atoms with E-state index in [1.165, 1.54) is 16.9 Å². The normalized spacial score (nSPS) is 14.3. The number of aryl methyl sites for hydroxylation is 1. The number of methoxy groups -OCH3 is 2. The first-order valence-corrected chi connectivity index (χ1v) is 7.50. The minimum absolute atomic E-state index is 0.894. The maximum absolute atomic E-state index is 5.28. The van der Waals surface area contributed by atoms with Gasteiger partial charge in [-0.2, -0.15) is 0 Å². The summed E-state index contributed by atoms with van der Waals surface area (Å²) >= 11 is 0. The molecule has 3 rings (SSSR count). The maximum atomic E-state index is 5.28. The van der Waals surface area contributed by atoms with E-state index in [1.807, 2.05) is 18.2 Å². The summed E-state index contributed by atoms with van der Waals surface area (Å²) in [5, 5.41) is 0. The largest absolute Gasteiger partial charge is 0.497 e. The Morgan fingerprint density at radius 2 is 1.45 bits per heavy atom. The third kappa shape index (κ3) is 2.82. The van der Waals surface area contributed by atoms with Gasteiger partial charge in [0.1, 0.15) is 11.5 Å². The highest BCUT2D eigenvalue weighted by Gasteiger charge is 2.21. The molecule has 4 heteroatoms. The lowest BCUT2D eigenvalue weighted by Crippen LogP contribution is -2.25. The zero-order chi connectivity index (χ0) is 15.5. The molecule has 0 radical (unpaired) electrons. The number of hydrogen-bond donors (Lipinski definition) is 0. The van der Waals surface area contributed by atoms with Crippen LogP contribution in [0.15, 0.2) is 42.5 Å². The topological polar surface area (TPSA) is 24.9 Å². The van der Waals surface area contributed by atoms with E-state index < -0.39 is 0 Å². The van der Waals surface area contributed by atoms with Crippen LogP contribution in [-0.4, -0.2) is 34.0 Å². The molecule has 1 aliphatic heterocycles. The Balaban J connectivity index is 1.74. The molecular formula is C18H22N2O2. The molecule has 1 aliphatic rings. The molecule has 0 aromatic heterocycles. The van der Waals surface area contributed by atoms with E-state index in [9.17, 15) is 0 Å². The van der Waals surface area contributed by atoms with Gasteiger partial charge in [0.15, 0.2) is 0 Å². The molecule has 0 spiro atoms. The number of nitrogens with zero attached hydrogens (tertiary/aromatic N) is 2. The SMILES string of the molecule is COc1ccc(N2CCN(c3ccc(OC)cc3C)C2)cc1. The van der Waals surface area contributed by atoms with Crippen LogP contribution in [0.25, 0.3) is 0 Å². The van der Waals surface area contributed by atoms with Crippen LogP contribution in [0.2, 0.25) is 0 Å². The molecule has 0 saturated carbocycles. The van der Waals surface area contributed by atoms with E-state index in [0.717, 1.165) is 31.3 Å². The van der Waals surface area contributed by atoms with Crippen LogP contribution in [-0.2, 0) is 0 Å². The first kappa shape index (κ1) is 14.6. The van der Waals surface area contributed by atoms with Gasteiger partial charge in [-0.1, -0.05) is 0 Å². The summed E-state index contributed by atoms with van der Waals surface area (Å²) in [6.07, 6.45) is 0. The van der Waals surface area contributed by atoms with Crippen molar-refractivity contribution in [1.82, 2.24) is 0 Å². The minimum Gasteiger partial charge on any atom is -0.497 e. The lowest BCUT2D eigenvalue weighted by Gasteiger charge is -2.23. The lowest BCUT2D eigenvalue weighted by atomic mass is 10.2. The Morgan fingerprint density at radius 1 is 0.818 bits per heavy atom. The Morgan fingerprint density at radius 3 is 2.09 bits per heavy atom. The number of rotatable bonds is 4. The van der Waals surface area contributed by atoms with Crippen molar-refractivity contribution >= 4 is 11.4 Å². The maximum Gasteiger partial charge on any atom is 0.119 e. The third-order valence-electron chi connectivity index (χ3n) is 4.16. The van der Waals surface area contributed by atoms with Gasteiger partial charge in [-0.3, -0.25) is 0 Å². The van der Waals surface area contributed by atoms with Gasteiger partial charge in [0.2, 0.25) is 0 Å². The average Bonchev–Trinajstić information content (AvgIpc) is 3.04. The van der Waals surface area contributed by atoms with Gasteiger partial charge in [-0.15, -0.1) is 0 Å². The summed E-state index contributed by atoms with van der Waals surface area (Å²) in [5.41, 5.74) is 3.75. The van der Waals surface area contributed by atoms with E-state index >= 15 is 0 Å². The fourth-order valence-corrected chi connectivity index (χ4v) is 2.90. The molecule has 0 bridgehead atoms. The molecule has 0 unspecified atom stereocenters. The van der Waals surface area contributed by atoms with Crippen LogP contribution in [0.1, 0.15) is 5.56 Å². The molecule has 22 heavy (non-hydrogen) atoms. The molecule has 2 aromatic rings. The van der Waals surface area contributed by atoms with Crippen molar-refractivity contribution in [3.8, 4) is 11.5 Å². The van der Waals surface area contributed by atoms with E-state index in [1.54, 1.807) is 14.2 Å². The van der Waals surface area contributed by atoms with Crippen molar-refractivity contribution in [3.63, 3.8) is 0 Å². The van der Waals surface area contributed by atoms with Gasteiger partial charge >= 0.3 is 0 Å². The van der Waals surface area contributed by atoms with Crippen molar-refractivity contribution in [2.24, 2.45) is 0 Å². The van der Waals surface area contributed by atoms with Gasteiger partial charge in [0.25, 0.3) is 0 Å². The van der Waals surface area contributed by atoms with Crippen LogP contribution >= 0.6 is 0 Å². The second kappa shape index (κ2) is 6.18. The molecule has 0 atom stereocenters. The summed E-state index contributed by atoms with van der Waals surface area (Å²) in [5.74, 6) is 1.80. The molecule has 0 amide bonds. The predicted molar refractivity (Wildman–Crippen MR) is 90.3 cm³/mol. The molecule has 1 fully saturated rings. The Kier molecular flexibility index (Phi) is 4.09. The first-order chi connectivity index (χ1) is 10.7. The summed E-state index contributed by atoms with van der Waals surface area (Å²) in [6, 6.07) is 14.5. The zero-order valence-corrected chi connectivity index (χ0v) is 13.4. The van der Waals surface area contributed by atoms with E-state index in [0.29, 0.717) is 0 Å². The smallest absolute Gasteiger partial charge is 0.119 e. The average molecular weight is 298 g/mol. The molecule has 1 heterocycles. The second-order valence-electron chi connectivity index (χ2n) is 5.52. The Bertz CT molecular complexity index is 640.